The van der Waals surface area contributed by atoms with Crippen LogP contribution < -0.4 is 11.1 Å². The van der Waals surface area contributed by atoms with E-state index in [2.05, 4.69) is 5.32 Å². The normalized spacial score (nSPS) is 31.1. The van der Waals surface area contributed by atoms with Crippen LogP contribution in [0.5, 0.6) is 0 Å². The van der Waals surface area contributed by atoms with E-state index >= 15 is 0 Å². The lowest BCUT2D eigenvalue weighted by Crippen LogP contribution is -2.29. The fourth-order valence-corrected chi connectivity index (χ4v) is 1.45. The first-order chi connectivity index (χ1) is 5.34. The summed E-state index contributed by atoms with van der Waals surface area (Å²) in [7, 11) is 0. The first kappa shape index (κ1) is 8.97. The van der Waals surface area contributed by atoms with Gasteiger partial charge in [-0.25, -0.2) is 0 Å². The summed E-state index contributed by atoms with van der Waals surface area (Å²) in [5.74, 6) is 0.626. The van der Waals surface area contributed by atoms with Gasteiger partial charge >= 0.3 is 0 Å². The lowest BCUT2D eigenvalue weighted by molar-refractivity contribution is 0.132. The van der Waals surface area contributed by atoms with Gasteiger partial charge < -0.3 is 15.8 Å². The van der Waals surface area contributed by atoms with Crippen LogP contribution in [0.3, 0.4) is 0 Å². The van der Waals surface area contributed by atoms with Crippen molar-refractivity contribution in [1.82, 2.24) is 5.32 Å². The van der Waals surface area contributed by atoms with Gasteiger partial charge in [0.15, 0.2) is 0 Å². The van der Waals surface area contributed by atoms with Crippen molar-refractivity contribution in [2.45, 2.75) is 19.4 Å². The van der Waals surface area contributed by atoms with E-state index in [0.717, 1.165) is 32.7 Å². The van der Waals surface area contributed by atoms with E-state index in [-0.39, 0.29) is 0 Å². The molecule has 0 aromatic carbocycles. The Hall–Kier alpha value is -0.120. The minimum absolute atomic E-state index is 0.343. The van der Waals surface area contributed by atoms with Crippen molar-refractivity contribution in [1.29, 1.82) is 0 Å². The standard InChI is InChI=1S/C8H18N2O/c1-2-11-4-3-7-5-10-6-8(7)9/h7-8,10H,2-6,9H2,1H3/t7-,8+/m1/s1. The van der Waals surface area contributed by atoms with Gasteiger partial charge in [-0.3, -0.25) is 0 Å². The van der Waals surface area contributed by atoms with Gasteiger partial charge in [0.2, 0.25) is 0 Å². The molecule has 3 N–H and O–H groups in total. The molecule has 0 spiro atoms. The van der Waals surface area contributed by atoms with Gasteiger partial charge in [-0.05, 0) is 25.8 Å². The summed E-state index contributed by atoms with van der Waals surface area (Å²) in [6, 6.07) is 0.343. The Morgan fingerprint density at radius 2 is 2.36 bits per heavy atom. The van der Waals surface area contributed by atoms with Gasteiger partial charge in [0, 0.05) is 25.8 Å². The summed E-state index contributed by atoms with van der Waals surface area (Å²) in [5.41, 5.74) is 5.84. The predicted molar refractivity (Wildman–Crippen MR) is 45.4 cm³/mol. The number of ether oxygens (including phenoxy) is 1. The van der Waals surface area contributed by atoms with Crippen LogP contribution >= 0.6 is 0 Å². The van der Waals surface area contributed by atoms with Gasteiger partial charge in [-0.15, -0.1) is 0 Å². The van der Waals surface area contributed by atoms with Crippen LogP contribution in [-0.2, 0) is 4.74 Å². The monoisotopic (exact) mass is 158 g/mol. The topological polar surface area (TPSA) is 47.3 Å². The maximum atomic E-state index is 5.84. The third kappa shape index (κ3) is 2.77. The Bertz CT molecular complexity index is 108. The zero-order chi connectivity index (χ0) is 8.10. The molecule has 3 heteroatoms. The van der Waals surface area contributed by atoms with Crippen molar-refractivity contribution in [3.05, 3.63) is 0 Å². The maximum Gasteiger partial charge on any atom is 0.0469 e. The summed E-state index contributed by atoms with van der Waals surface area (Å²) < 4.78 is 5.26. The van der Waals surface area contributed by atoms with E-state index in [1.807, 2.05) is 6.92 Å². The Morgan fingerprint density at radius 3 is 2.91 bits per heavy atom. The molecule has 1 aliphatic heterocycles. The van der Waals surface area contributed by atoms with Gasteiger partial charge in [0.1, 0.15) is 0 Å². The molecule has 1 aliphatic rings. The van der Waals surface area contributed by atoms with Crippen molar-refractivity contribution in [2.24, 2.45) is 11.7 Å². The van der Waals surface area contributed by atoms with Crippen LogP contribution in [0.2, 0.25) is 0 Å². The average Bonchev–Trinajstić information content (AvgIpc) is 2.37. The summed E-state index contributed by atoms with van der Waals surface area (Å²) in [6.07, 6.45) is 1.10. The van der Waals surface area contributed by atoms with Crippen LogP contribution in [0.4, 0.5) is 0 Å². The molecule has 11 heavy (non-hydrogen) atoms. The minimum Gasteiger partial charge on any atom is -0.382 e. The highest BCUT2D eigenvalue weighted by Crippen LogP contribution is 2.10. The largest absolute Gasteiger partial charge is 0.382 e. The second-order valence-corrected chi connectivity index (χ2v) is 3.07. The van der Waals surface area contributed by atoms with Crippen LogP contribution in [-0.4, -0.2) is 32.3 Å². The third-order valence-electron chi connectivity index (χ3n) is 2.23. The highest BCUT2D eigenvalue weighted by molar-refractivity contribution is 4.83. The van der Waals surface area contributed by atoms with Crippen molar-refractivity contribution in [3.63, 3.8) is 0 Å². The first-order valence-corrected chi connectivity index (χ1v) is 4.38. The predicted octanol–water partition coefficient (Wildman–Crippen LogP) is -0.0403. The second-order valence-electron chi connectivity index (χ2n) is 3.07. The molecule has 1 rings (SSSR count). The fourth-order valence-electron chi connectivity index (χ4n) is 1.45. The van der Waals surface area contributed by atoms with Gasteiger partial charge in [-0.1, -0.05) is 0 Å². The number of rotatable bonds is 4. The Kier molecular flexibility index (Phi) is 3.83. The number of hydrogen-bond donors (Lipinski definition) is 2. The van der Waals surface area contributed by atoms with E-state index in [4.69, 9.17) is 10.5 Å². The SMILES string of the molecule is CCOCC[C@@H]1CNC[C@@H]1N. The molecule has 0 aromatic heterocycles. The van der Waals surface area contributed by atoms with Crippen LogP contribution in [0.15, 0.2) is 0 Å². The van der Waals surface area contributed by atoms with Crippen LogP contribution in [0.25, 0.3) is 0 Å². The van der Waals surface area contributed by atoms with Crippen molar-refractivity contribution < 1.29 is 4.74 Å². The van der Waals surface area contributed by atoms with Crippen molar-refractivity contribution in [2.75, 3.05) is 26.3 Å². The molecule has 1 saturated heterocycles. The molecule has 1 heterocycles. The fraction of sp³-hybridized carbons (Fsp3) is 1.00. The molecule has 2 atom stereocenters. The highest BCUT2D eigenvalue weighted by atomic mass is 16.5. The summed E-state index contributed by atoms with van der Waals surface area (Å²) in [4.78, 5) is 0. The molecule has 1 fully saturated rings. The van der Waals surface area contributed by atoms with E-state index in [1.54, 1.807) is 0 Å². The Labute approximate surface area is 68.3 Å². The van der Waals surface area contributed by atoms with E-state index in [9.17, 15) is 0 Å². The zero-order valence-corrected chi connectivity index (χ0v) is 7.18. The van der Waals surface area contributed by atoms with Gasteiger partial charge in [0.05, 0.1) is 0 Å². The summed E-state index contributed by atoms with van der Waals surface area (Å²) in [5, 5.41) is 3.27. The summed E-state index contributed by atoms with van der Waals surface area (Å²) in [6.45, 7) is 5.73. The smallest absolute Gasteiger partial charge is 0.0469 e. The molecule has 0 amide bonds. The highest BCUT2D eigenvalue weighted by Gasteiger charge is 2.22. The molecule has 0 aromatic rings. The second kappa shape index (κ2) is 4.70. The van der Waals surface area contributed by atoms with E-state index < -0.39 is 0 Å². The molecule has 3 nitrogen and oxygen atoms in total. The molecular weight excluding hydrogens is 140 g/mol. The third-order valence-corrected chi connectivity index (χ3v) is 2.23. The van der Waals surface area contributed by atoms with Gasteiger partial charge in [0.25, 0.3) is 0 Å². The number of hydrogen-bond acceptors (Lipinski definition) is 3. The van der Waals surface area contributed by atoms with Crippen molar-refractivity contribution >= 4 is 0 Å². The molecule has 0 unspecified atom stereocenters. The van der Waals surface area contributed by atoms with Gasteiger partial charge in [-0.2, -0.15) is 0 Å². The number of nitrogens with two attached hydrogens (primary N) is 1. The first-order valence-electron chi connectivity index (χ1n) is 4.38. The minimum atomic E-state index is 0.343. The molecular formula is C8H18N2O. The van der Waals surface area contributed by atoms with E-state index in [0.29, 0.717) is 12.0 Å². The maximum absolute atomic E-state index is 5.84. The van der Waals surface area contributed by atoms with Crippen LogP contribution in [0.1, 0.15) is 13.3 Å². The molecule has 0 radical (unpaired) electrons. The lowest BCUT2D eigenvalue weighted by Gasteiger charge is -2.12. The molecule has 0 bridgehead atoms. The molecule has 0 saturated carbocycles. The number of nitrogens with one attached hydrogen (secondary N) is 1. The lowest BCUT2D eigenvalue weighted by atomic mass is 10.0. The molecule has 0 aliphatic carbocycles. The van der Waals surface area contributed by atoms with E-state index in [1.165, 1.54) is 0 Å². The Morgan fingerprint density at radius 1 is 1.55 bits per heavy atom. The quantitative estimate of drug-likeness (QED) is 0.564. The molecule has 66 valence electrons. The average molecular weight is 158 g/mol. The summed E-state index contributed by atoms with van der Waals surface area (Å²) >= 11 is 0. The van der Waals surface area contributed by atoms with Crippen LogP contribution in [0, 0.1) is 5.92 Å². The zero-order valence-electron chi connectivity index (χ0n) is 7.18. The Balaban J connectivity index is 2.05. The van der Waals surface area contributed by atoms with Crippen molar-refractivity contribution in [3.8, 4) is 0 Å².